The average Bonchev–Trinajstić information content (AvgIpc) is 3.59. The van der Waals surface area contributed by atoms with Crippen molar-refractivity contribution in [3.8, 4) is 22.6 Å². The molecule has 2 saturated heterocycles. The number of carbonyl (C=O) groups is 1. The number of carbonyl (C=O) groups excluding carboxylic acids is 1. The highest BCUT2D eigenvalue weighted by atomic mass is 16.7. The molecule has 5 aromatic rings. The van der Waals surface area contributed by atoms with Gasteiger partial charge >= 0.3 is 6.03 Å². The minimum atomic E-state index is -0.547. The van der Waals surface area contributed by atoms with Crippen molar-refractivity contribution >= 4 is 11.7 Å². The van der Waals surface area contributed by atoms with Crippen molar-refractivity contribution in [1.82, 2.24) is 10.2 Å². The number of aliphatic hydroxyl groups excluding tert-OH is 2. The van der Waals surface area contributed by atoms with Gasteiger partial charge in [-0.3, -0.25) is 4.90 Å². The van der Waals surface area contributed by atoms with Crippen molar-refractivity contribution in [1.29, 1.82) is 0 Å². The molecule has 0 saturated carbocycles. The number of nitrogens with zero attached hydrogens (tertiary/aromatic N) is 1. The van der Waals surface area contributed by atoms with Crippen molar-refractivity contribution in [3.05, 3.63) is 150 Å². The smallest absolute Gasteiger partial charge is 0.319 e. The maximum atomic E-state index is 12.7. The molecule has 2 aliphatic rings. The van der Waals surface area contributed by atoms with E-state index in [1.807, 2.05) is 91.0 Å². The number of β-amino-alcohol motifs (C(OH)–C–C–N with tert-alkyl or cyclic N) is 1. The van der Waals surface area contributed by atoms with E-state index in [9.17, 15) is 15.0 Å². The van der Waals surface area contributed by atoms with Gasteiger partial charge in [-0.2, -0.15) is 0 Å². The quantitative estimate of drug-likeness (QED) is 0.114. The van der Waals surface area contributed by atoms with E-state index in [1.165, 1.54) is 0 Å². The molecule has 0 radical (unpaired) electrons. The van der Waals surface area contributed by atoms with Crippen LogP contribution in [0.5, 0.6) is 11.5 Å². The lowest BCUT2D eigenvalue weighted by atomic mass is 9.99. The Morgan fingerprint density at radius 1 is 0.784 bits per heavy atom. The Kier molecular flexibility index (Phi) is 11.0. The summed E-state index contributed by atoms with van der Waals surface area (Å²) in [6.07, 6.45) is 0.425. The van der Waals surface area contributed by atoms with Gasteiger partial charge in [-0.05, 0) is 76.7 Å². The van der Waals surface area contributed by atoms with Gasteiger partial charge in [0.25, 0.3) is 0 Å². The Hall–Kier alpha value is -5.03. The molecular formula is C42H43N3O6. The van der Waals surface area contributed by atoms with Crippen LogP contribution >= 0.6 is 0 Å². The molecule has 0 aliphatic carbocycles. The van der Waals surface area contributed by atoms with Crippen LogP contribution in [0, 0.1) is 0 Å². The fourth-order valence-corrected chi connectivity index (χ4v) is 6.58. The van der Waals surface area contributed by atoms with Crippen LogP contribution in [-0.2, 0) is 22.6 Å². The Morgan fingerprint density at radius 2 is 1.53 bits per heavy atom. The maximum Gasteiger partial charge on any atom is 0.319 e. The standard InChI is InChI=1S/C42H43N3O6/c46-28-29-9-11-32(12-10-29)40-24-39(27-45-22-21-36(47)26-45)50-41(51-40)33-15-13-31(14-16-33)34-6-4-5-30(23-34)25-43-42(48)44-35-17-19-38(20-18-35)49-37-7-2-1-3-8-37/h1-20,23,36,39-41,46-47H,21-22,24-28H2,(H2,43,44,48)/t36-,39-,40+,41+/m0/s1. The van der Waals surface area contributed by atoms with Gasteiger partial charge in [-0.25, -0.2) is 4.79 Å². The van der Waals surface area contributed by atoms with E-state index in [4.69, 9.17) is 14.2 Å². The zero-order chi connectivity index (χ0) is 35.0. The zero-order valence-electron chi connectivity index (χ0n) is 28.4. The molecule has 51 heavy (non-hydrogen) atoms. The summed E-state index contributed by atoms with van der Waals surface area (Å²) in [4.78, 5) is 14.9. The third-order valence-corrected chi connectivity index (χ3v) is 9.31. The Labute approximate surface area is 298 Å². The molecule has 9 heteroatoms. The van der Waals surface area contributed by atoms with Gasteiger partial charge < -0.3 is 35.1 Å². The lowest BCUT2D eigenvalue weighted by Gasteiger charge is -2.37. The number of amides is 2. The van der Waals surface area contributed by atoms with Crippen molar-refractivity contribution in [2.75, 3.05) is 25.0 Å². The second kappa shape index (κ2) is 16.3. The average molecular weight is 686 g/mol. The number of likely N-dealkylation sites (tertiary alicyclic amines) is 1. The Morgan fingerprint density at radius 3 is 2.25 bits per heavy atom. The number of hydrogen-bond acceptors (Lipinski definition) is 7. The van der Waals surface area contributed by atoms with Crippen molar-refractivity contribution < 1.29 is 29.2 Å². The zero-order valence-corrected chi connectivity index (χ0v) is 28.4. The van der Waals surface area contributed by atoms with E-state index >= 15 is 0 Å². The van der Waals surface area contributed by atoms with Crippen LogP contribution in [0.3, 0.4) is 0 Å². The number of ether oxygens (including phenoxy) is 3. The summed E-state index contributed by atoms with van der Waals surface area (Å²) in [5.41, 5.74) is 6.55. The lowest BCUT2D eigenvalue weighted by molar-refractivity contribution is -0.252. The summed E-state index contributed by atoms with van der Waals surface area (Å²) in [5, 5.41) is 25.4. The third-order valence-electron chi connectivity index (χ3n) is 9.31. The molecule has 4 N–H and O–H groups in total. The minimum absolute atomic E-state index is 0.000159. The number of benzene rings is 5. The molecule has 9 nitrogen and oxygen atoms in total. The molecule has 0 bridgehead atoms. The monoisotopic (exact) mass is 685 g/mol. The highest BCUT2D eigenvalue weighted by Crippen LogP contribution is 2.39. The molecule has 2 aliphatic heterocycles. The Balaban J connectivity index is 0.966. The summed E-state index contributed by atoms with van der Waals surface area (Å²) in [5.74, 6) is 1.44. The number of urea groups is 1. The van der Waals surface area contributed by atoms with Gasteiger partial charge in [-0.1, -0.05) is 84.9 Å². The van der Waals surface area contributed by atoms with E-state index in [2.05, 4.69) is 39.8 Å². The van der Waals surface area contributed by atoms with E-state index in [0.717, 1.165) is 58.6 Å². The summed E-state index contributed by atoms with van der Waals surface area (Å²) in [7, 11) is 0. The molecule has 262 valence electrons. The van der Waals surface area contributed by atoms with Crippen molar-refractivity contribution in [2.45, 2.75) is 50.6 Å². The summed E-state index contributed by atoms with van der Waals surface area (Å²) >= 11 is 0. The van der Waals surface area contributed by atoms with Crippen molar-refractivity contribution in [2.24, 2.45) is 0 Å². The molecule has 0 spiro atoms. The van der Waals surface area contributed by atoms with E-state index in [0.29, 0.717) is 30.9 Å². The number of nitrogens with one attached hydrogen (secondary N) is 2. The van der Waals surface area contributed by atoms with Gasteiger partial charge in [0.05, 0.1) is 24.9 Å². The lowest BCUT2D eigenvalue weighted by Crippen LogP contribution is -2.38. The second-order valence-electron chi connectivity index (χ2n) is 13.1. The first kappa shape index (κ1) is 34.4. The fraction of sp³-hybridized carbons (Fsp3) is 0.262. The summed E-state index contributed by atoms with van der Waals surface area (Å²) < 4.78 is 18.9. The number of rotatable bonds is 11. The Bertz CT molecular complexity index is 1870. The number of anilines is 1. The molecule has 2 amide bonds. The summed E-state index contributed by atoms with van der Waals surface area (Å²) in [6, 6.07) is 40.7. The topological polar surface area (TPSA) is 113 Å². The molecule has 2 heterocycles. The molecule has 0 aromatic heterocycles. The fourth-order valence-electron chi connectivity index (χ4n) is 6.58. The van der Waals surface area contributed by atoms with Crippen LogP contribution in [0.1, 0.15) is 47.5 Å². The van der Waals surface area contributed by atoms with Crippen molar-refractivity contribution in [3.63, 3.8) is 0 Å². The highest BCUT2D eigenvalue weighted by Gasteiger charge is 2.34. The van der Waals surface area contributed by atoms with E-state index in [-0.39, 0.29) is 30.9 Å². The van der Waals surface area contributed by atoms with Gasteiger partial charge in [0.2, 0.25) is 0 Å². The molecule has 4 atom stereocenters. The number of hydrogen-bond donors (Lipinski definition) is 4. The van der Waals surface area contributed by atoms with Crippen LogP contribution < -0.4 is 15.4 Å². The molecule has 5 aromatic carbocycles. The van der Waals surface area contributed by atoms with Gasteiger partial charge in [-0.15, -0.1) is 0 Å². The van der Waals surface area contributed by atoms with Gasteiger partial charge in [0.1, 0.15) is 11.5 Å². The number of para-hydroxylation sites is 1. The highest BCUT2D eigenvalue weighted by molar-refractivity contribution is 5.89. The van der Waals surface area contributed by atoms with E-state index in [1.54, 1.807) is 12.1 Å². The normalized spacial score (nSPS) is 20.5. The summed E-state index contributed by atoms with van der Waals surface area (Å²) in [6.45, 7) is 2.62. The molecular weight excluding hydrogens is 642 g/mol. The third kappa shape index (κ3) is 9.21. The van der Waals surface area contributed by atoms with Gasteiger partial charge in [0.15, 0.2) is 6.29 Å². The minimum Gasteiger partial charge on any atom is -0.457 e. The maximum absolute atomic E-state index is 12.7. The van der Waals surface area contributed by atoms with Crippen LogP contribution in [0.2, 0.25) is 0 Å². The second-order valence-corrected chi connectivity index (χ2v) is 13.1. The number of aliphatic hydroxyl groups is 2. The van der Waals surface area contributed by atoms with Crippen LogP contribution in [0.25, 0.3) is 11.1 Å². The SMILES string of the molecule is O=C(NCc1cccc(-c2ccc([C@@H]3O[C@H](CN4CC[C@H](O)C4)C[C@H](c4ccc(CO)cc4)O3)cc2)c1)Nc1ccc(Oc2ccccc2)cc1. The van der Waals surface area contributed by atoms with Crippen LogP contribution in [-0.4, -0.2) is 53.0 Å². The molecule has 2 fully saturated rings. The first-order valence-electron chi connectivity index (χ1n) is 17.5. The largest absolute Gasteiger partial charge is 0.457 e. The first-order valence-corrected chi connectivity index (χ1v) is 17.5. The van der Waals surface area contributed by atoms with E-state index < -0.39 is 6.29 Å². The predicted octanol–water partition coefficient (Wildman–Crippen LogP) is 7.57. The van der Waals surface area contributed by atoms with Crippen LogP contribution in [0.15, 0.2) is 127 Å². The molecule has 0 unspecified atom stereocenters. The first-order chi connectivity index (χ1) is 25.0. The molecule has 7 rings (SSSR count). The predicted molar refractivity (Wildman–Crippen MR) is 196 cm³/mol. The van der Waals surface area contributed by atoms with Gasteiger partial charge in [0, 0.05) is 43.9 Å². The van der Waals surface area contributed by atoms with Crippen LogP contribution in [0.4, 0.5) is 10.5 Å².